The van der Waals surface area contributed by atoms with Crippen molar-refractivity contribution in [3.8, 4) is 5.82 Å². The van der Waals surface area contributed by atoms with Crippen molar-refractivity contribution in [2.75, 3.05) is 13.1 Å². The van der Waals surface area contributed by atoms with E-state index in [2.05, 4.69) is 23.8 Å². The summed E-state index contributed by atoms with van der Waals surface area (Å²) < 4.78 is 2.00. The zero-order chi connectivity index (χ0) is 19.5. The number of rotatable bonds is 4. The molecule has 1 atom stereocenters. The summed E-state index contributed by atoms with van der Waals surface area (Å²) in [6.45, 7) is 5.69. The molecule has 28 heavy (non-hydrogen) atoms. The summed E-state index contributed by atoms with van der Waals surface area (Å²) in [5, 5.41) is 0. The van der Waals surface area contributed by atoms with E-state index >= 15 is 0 Å². The first-order chi connectivity index (χ1) is 13.6. The fraction of sp³-hybridized carbons (Fsp3) is 0.364. The number of benzene rings is 1. The third-order valence-corrected chi connectivity index (χ3v) is 5.22. The molecule has 1 amide bonds. The minimum Gasteiger partial charge on any atom is -0.338 e. The van der Waals surface area contributed by atoms with Gasteiger partial charge in [-0.05, 0) is 25.0 Å². The number of nitrogens with zero attached hydrogens (tertiary/aromatic N) is 5. The van der Waals surface area contributed by atoms with E-state index in [0.717, 1.165) is 42.3 Å². The summed E-state index contributed by atoms with van der Waals surface area (Å²) >= 11 is 0. The molecular formula is C22H25N5O. The SMILES string of the molecule is CC(C)c1nccn1-c1cncc([C@@H]2CCCN(C(=O)c3ccccc3)C2)n1. The van der Waals surface area contributed by atoms with Crippen LogP contribution >= 0.6 is 0 Å². The van der Waals surface area contributed by atoms with E-state index in [1.165, 1.54) is 0 Å². The molecular weight excluding hydrogens is 350 g/mol. The number of likely N-dealkylation sites (tertiary alicyclic amines) is 1. The van der Waals surface area contributed by atoms with Crippen LogP contribution in [0.5, 0.6) is 0 Å². The minimum atomic E-state index is 0.0890. The molecule has 1 aromatic carbocycles. The Morgan fingerprint density at radius 2 is 2.00 bits per heavy atom. The van der Waals surface area contributed by atoms with Gasteiger partial charge in [-0.15, -0.1) is 0 Å². The fourth-order valence-corrected chi connectivity index (χ4v) is 3.79. The predicted octanol–water partition coefficient (Wildman–Crippen LogP) is 3.81. The van der Waals surface area contributed by atoms with Gasteiger partial charge in [-0.25, -0.2) is 9.97 Å². The number of amides is 1. The Morgan fingerprint density at radius 1 is 1.18 bits per heavy atom. The quantitative estimate of drug-likeness (QED) is 0.696. The Balaban J connectivity index is 1.56. The second kappa shape index (κ2) is 7.92. The van der Waals surface area contributed by atoms with Crippen LogP contribution < -0.4 is 0 Å². The summed E-state index contributed by atoms with van der Waals surface area (Å²) in [5.74, 6) is 2.33. The molecule has 2 aromatic heterocycles. The lowest BCUT2D eigenvalue weighted by Gasteiger charge is -2.32. The molecule has 144 valence electrons. The molecule has 0 aliphatic carbocycles. The standard InChI is InChI=1S/C22H25N5O/c1-16(2)21-24-10-12-27(21)20-14-23-13-19(25-20)18-9-6-11-26(15-18)22(28)17-7-4-3-5-8-17/h3-5,7-8,10,12-14,16,18H,6,9,11,15H2,1-2H3/t18-/m1/s1. The van der Waals surface area contributed by atoms with Gasteiger partial charge in [0.1, 0.15) is 5.82 Å². The lowest BCUT2D eigenvalue weighted by molar-refractivity contribution is 0.0706. The second-order valence-corrected chi connectivity index (χ2v) is 7.57. The van der Waals surface area contributed by atoms with Crippen LogP contribution in [0.15, 0.2) is 55.1 Å². The number of piperidine rings is 1. The molecule has 0 radical (unpaired) electrons. The lowest BCUT2D eigenvalue weighted by Crippen LogP contribution is -2.39. The van der Waals surface area contributed by atoms with Crippen molar-refractivity contribution in [2.24, 2.45) is 0 Å². The largest absolute Gasteiger partial charge is 0.338 e. The predicted molar refractivity (Wildman–Crippen MR) is 108 cm³/mol. The molecule has 1 saturated heterocycles. The van der Waals surface area contributed by atoms with E-state index in [9.17, 15) is 4.79 Å². The van der Waals surface area contributed by atoms with Gasteiger partial charge < -0.3 is 4.90 Å². The van der Waals surface area contributed by atoms with E-state index < -0.39 is 0 Å². The molecule has 6 nitrogen and oxygen atoms in total. The molecule has 0 bridgehead atoms. The summed E-state index contributed by atoms with van der Waals surface area (Å²) in [5.41, 5.74) is 1.68. The van der Waals surface area contributed by atoms with Crippen molar-refractivity contribution in [1.29, 1.82) is 0 Å². The molecule has 0 spiro atoms. The molecule has 4 rings (SSSR count). The first-order valence-electron chi connectivity index (χ1n) is 9.83. The van der Waals surface area contributed by atoms with Gasteiger partial charge in [0.2, 0.25) is 0 Å². The van der Waals surface area contributed by atoms with Crippen LogP contribution in [-0.2, 0) is 0 Å². The Morgan fingerprint density at radius 3 is 2.79 bits per heavy atom. The molecule has 1 aliphatic heterocycles. The van der Waals surface area contributed by atoms with Gasteiger partial charge in [-0.1, -0.05) is 32.0 Å². The highest BCUT2D eigenvalue weighted by molar-refractivity contribution is 5.94. The van der Waals surface area contributed by atoms with Crippen LogP contribution in [-0.4, -0.2) is 43.4 Å². The first-order valence-corrected chi connectivity index (χ1v) is 9.83. The average molecular weight is 375 g/mol. The zero-order valence-corrected chi connectivity index (χ0v) is 16.3. The summed E-state index contributed by atoms with van der Waals surface area (Å²) in [4.78, 5) is 28.5. The summed E-state index contributed by atoms with van der Waals surface area (Å²) in [6, 6.07) is 9.48. The van der Waals surface area contributed by atoms with E-state index in [1.54, 1.807) is 12.4 Å². The number of carbonyl (C=O) groups is 1. The van der Waals surface area contributed by atoms with Crippen LogP contribution in [0.25, 0.3) is 5.82 Å². The van der Waals surface area contributed by atoms with E-state index in [4.69, 9.17) is 4.98 Å². The van der Waals surface area contributed by atoms with E-state index in [0.29, 0.717) is 12.5 Å². The van der Waals surface area contributed by atoms with Crippen LogP contribution in [0, 0.1) is 0 Å². The Bertz CT molecular complexity index is 950. The van der Waals surface area contributed by atoms with Crippen LogP contribution in [0.4, 0.5) is 0 Å². The molecule has 1 aliphatic rings. The maximum absolute atomic E-state index is 12.8. The minimum absolute atomic E-state index is 0.0890. The van der Waals surface area contributed by atoms with Crippen molar-refractivity contribution in [3.63, 3.8) is 0 Å². The smallest absolute Gasteiger partial charge is 0.253 e. The van der Waals surface area contributed by atoms with Gasteiger partial charge in [-0.3, -0.25) is 14.3 Å². The third-order valence-electron chi connectivity index (χ3n) is 5.22. The van der Waals surface area contributed by atoms with Crippen molar-refractivity contribution >= 4 is 5.91 Å². The van der Waals surface area contributed by atoms with Gasteiger partial charge in [0.05, 0.1) is 11.9 Å². The average Bonchev–Trinajstić information content (AvgIpc) is 3.24. The molecule has 3 heterocycles. The molecule has 6 heteroatoms. The lowest BCUT2D eigenvalue weighted by atomic mass is 9.94. The molecule has 3 aromatic rings. The Kier molecular flexibility index (Phi) is 5.19. The number of aromatic nitrogens is 4. The third kappa shape index (κ3) is 3.67. The van der Waals surface area contributed by atoms with Crippen LogP contribution in [0.1, 0.15) is 60.4 Å². The summed E-state index contributed by atoms with van der Waals surface area (Å²) in [7, 11) is 0. The molecule has 0 saturated carbocycles. The van der Waals surface area contributed by atoms with Gasteiger partial charge in [-0.2, -0.15) is 0 Å². The van der Waals surface area contributed by atoms with Crippen molar-refractivity contribution < 1.29 is 4.79 Å². The number of hydrogen-bond acceptors (Lipinski definition) is 4. The highest BCUT2D eigenvalue weighted by Crippen LogP contribution is 2.27. The van der Waals surface area contributed by atoms with Gasteiger partial charge in [0, 0.05) is 49.1 Å². The maximum atomic E-state index is 12.8. The molecule has 0 N–H and O–H groups in total. The second-order valence-electron chi connectivity index (χ2n) is 7.57. The van der Waals surface area contributed by atoms with E-state index in [-0.39, 0.29) is 11.8 Å². The van der Waals surface area contributed by atoms with E-state index in [1.807, 2.05) is 52.2 Å². The Labute approximate surface area is 165 Å². The monoisotopic (exact) mass is 375 g/mol. The Hall–Kier alpha value is -3.02. The maximum Gasteiger partial charge on any atom is 0.253 e. The zero-order valence-electron chi connectivity index (χ0n) is 16.3. The number of hydrogen-bond donors (Lipinski definition) is 0. The topological polar surface area (TPSA) is 63.9 Å². The first kappa shape index (κ1) is 18.3. The van der Waals surface area contributed by atoms with Crippen molar-refractivity contribution in [1.82, 2.24) is 24.4 Å². The summed E-state index contributed by atoms with van der Waals surface area (Å²) in [6.07, 6.45) is 9.30. The molecule has 1 fully saturated rings. The number of carbonyl (C=O) groups excluding carboxylic acids is 1. The van der Waals surface area contributed by atoms with Gasteiger partial charge >= 0.3 is 0 Å². The highest BCUT2D eigenvalue weighted by Gasteiger charge is 2.27. The van der Waals surface area contributed by atoms with Crippen LogP contribution in [0.3, 0.4) is 0 Å². The van der Waals surface area contributed by atoms with Gasteiger partial charge in [0.15, 0.2) is 5.82 Å². The molecule has 0 unspecified atom stereocenters. The number of imidazole rings is 1. The van der Waals surface area contributed by atoms with Crippen LogP contribution in [0.2, 0.25) is 0 Å². The highest BCUT2D eigenvalue weighted by atomic mass is 16.2. The van der Waals surface area contributed by atoms with Gasteiger partial charge in [0.25, 0.3) is 5.91 Å². The van der Waals surface area contributed by atoms with Crippen molar-refractivity contribution in [2.45, 2.75) is 38.5 Å². The normalized spacial score (nSPS) is 17.1. The van der Waals surface area contributed by atoms with Crippen molar-refractivity contribution in [3.05, 3.63) is 72.2 Å². The fourth-order valence-electron chi connectivity index (χ4n) is 3.79.